The molecule has 3 rings (SSSR count). The lowest BCUT2D eigenvalue weighted by molar-refractivity contribution is -0.111. The third-order valence-electron chi connectivity index (χ3n) is 3.20. The second-order valence-electron chi connectivity index (χ2n) is 4.78. The summed E-state index contributed by atoms with van der Waals surface area (Å²) in [5, 5.41) is 2.82. The number of furan rings is 1. The average molecular weight is 289 g/mol. The van der Waals surface area contributed by atoms with Crippen molar-refractivity contribution >= 4 is 17.7 Å². The zero-order valence-electron chi connectivity index (χ0n) is 11.9. The molecule has 22 heavy (non-hydrogen) atoms. The fourth-order valence-electron chi connectivity index (χ4n) is 2.10. The number of hydrogen-bond donors (Lipinski definition) is 1. The van der Waals surface area contributed by atoms with Gasteiger partial charge in [-0.05, 0) is 41.5 Å². The first-order valence-electron chi connectivity index (χ1n) is 6.99. The van der Waals surface area contributed by atoms with E-state index in [0.717, 1.165) is 16.8 Å². The molecule has 3 nitrogen and oxygen atoms in total. The quantitative estimate of drug-likeness (QED) is 0.713. The minimum atomic E-state index is -0.191. The van der Waals surface area contributed by atoms with Crippen LogP contribution < -0.4 is 5.32 Å². The summed E-state index contributed by atoms with van der Waals surface area (Å²) in [6.45, 7) is 0. The predicted octanol–water partition coefficient (Wildman–Crippen LogP) is 4.60. The molecule has 108 valence electrons. The van der Waals surface area contributed by atoms with Crippen molar-refractivity contribution in [3.63, 3.8) is 0 Å². The summed E-state index contributed by atoms with van der Waals surface area (Å²) < 4.78 is 5.13. The van der Waals surface area contributed by atoms with Crippen LogP contribution in [0.25, 0.3) is 17.2 Å². The van der Waals surface area contributed by atoms with Crippen LogP contribution in [0.4, 0.5) is 5.69 Å². The molecule has 1 heterocycles. The maximum absolute atomic E-state index is 11.8. The standard InChI is InChI=1S/C19H15NO2/c21-19(13-12-18-7-4-14-22-18)20-17-10-8-16(9-11-17)15-5-2-1-3-6-15/h1-14H,(H,20,21)/b13-12+. The molecule has 0 bridgehead atoms. The second-order valence-corrected chi connectivity index (χ2v) is 4.78. The van der Waals surface area contributed by atoms with Gasteiger partial charge in [-0.3, -0.25) is 4.79 Å². The lowest BCUT2D eigenvalue weighted by Gasteiger charge is -2.05. The zero-order valence-corrected chi connectivity index (χ0v) is 11.9. The Morgan fingerprint density at radius 1 is 0.864 bits per heavy atom. The maximum Gasteiger partial charge on any atom is 0.248 e. The SMILES string of the molecule is O=C(/C=C/c1ccco1)Nc1ccc(-c2ccccc2)cc1. The molecule has 0 aliphatic carbocycles. The molecule has 1 aromatic heterocycles. The van der Waals surface area contributed by atoms with Gasteiger partial charge in [0.05, 0.1) is 6.26 Å². The molecule has 0 atom stereocenters. The van der Waals surface area contributed by atoms with Crippen LogP contribution in [0.3, 0.4) is 0 Å². The van der Waals surface area contributed by atoms with Crippen LogP contribution in [0.2, 0.25) is 0 Å². The van der Waals surface area contributed by atoms with Crippen molar-refractivity contribution in [1.82, 2.24) is 0 Å². The maximum atomic E-state index is 11.8. The van der Waals surface area contributed by atoms with E-state index < -0.39 is 0 Å². The first-order valence-corrected chi connectivity index (χ1v) is 6.99. The highest BCUT2D eigenvalue weighted by atomic mass is 16.3. The Labute approximate surface area is 128 Å². The molecule has 0 aliphatic heterocycles. The number of carbonyl (C=O) groups is 1. The van der Waals surface area contributed by atoms with Gasteiger partial charge in [0.2, 0.25) is 5.91 Å². The number of anilines is 1. The summed E-state index contributed by atoms with van der Waals surface area (Å²) >= 11 is 0. The molecule has 0 saturated carbocycles. The van der Waals surface area contributed by atoms with Gasteiger partial charge in [0.1, 0.15) is 5.76 Å². The molecule has 0 aliphatic rings. The largest absolute Gasteiger partial charge is 0.465 e. The van der Waals surface area contributed by atoms with Gasteiger partial charge in [0, 0.05) is 11.8 Å². The molecule has 1 amide bonds. The Hall–Kier alpha value is -3.07. The highest BCUT2D eigenvalue weighted by molar-refractivity contribution is 6.01. The van der Waals surface area contributed by atoms with Crippen molar-refractivity contribution in [2.24, 2.45) is 0 Å². The summed E-state index contributed by atoms with van der Waals surface area (Å²) in [6.07, 6.45) is 4.65. The van der Waals surface area contributed by atoms with Crippen LogP contribution in [0.15, 0.2) is 83.5 Å². The molecule has 0 radical (unpaired) electrons. The predicted molar refractivity (Wildman–Crippen MR) is 88.2 cm³/mol. The Balaban J connectivity index is 1.65. The Kier molecular flexibility index (Phi) is 4.16. The third kappa shape index (κ3) is 3.52. The number of rotatable bonds is 4. The molecule has 0 spiro atoms. The van der Waals surface area contributed by atoms with Crippen molar-refractivity contribution in [1.29, 1.82) is 0 Å². The fraction of sp³-hybridized carbons (Fsp3) is 0. The average Bonchev–Trinajstić information content (AvgIpc) is 3.08. The summed E-state index contributed by atoms with van der Waals surface area (Å²) in [5.41, 5.74) is 3.02. The lowest BCUT2D eigenvalue weighted by Crippen LogP contribution is -2.07. The van der Waals surface area contributed by atoms with Crippen molar-refractivity contribution in [2.45, 2.75) is 0 Å². The van der Waals surface area contributed by atoms with E-state index >= 15 is 0 Å². The summed E-state index contributed by atoms with van der Waals surface area (Å²) in [7, 11) is 0. The first kappa shape index (κ1) is 13.9. The van der Waals surface area contributed by atoms with E-state index in [4.69, 9.17) is 4.42 Å². The van der Waals surface area contributed by atoms with Gasteiger partial charge in [-0.25, -0.2) is 0 Å². The smallest absolute Gasteiger partial charge is 0.248 e. The lowest BCUT2D eigenvalue weighted by atomic mass is 10.1. The third-order valence-corrected chi connectivity index (χ3v) is 3.20. The molecule has 3 aromatic rings. The van der Waals surface area contributed by atoms with Gasteiger partial charge in [0.25, 0.3) is 0 Å². The van der Waals surface area contributed by atoms with Crippen LogP contribution >= 0.6 is 0 Å². The number of nitrogens with one attached hydrogen (secondary N) is 1. The van der Waals surface area contributed by atoms with Crippen molar-refractivity contribution < 1.29 is 9.21 Å². The molecule has 2 aromatic carbocycles. The van der Waals surface area contributed by atoms with Crippen molar-refractivity contribution in [3.8, 4) is 11.1 Å². The normalized spacial score (nSPS) is 10.7. The summed E-state index contributed by atoms with van der Waals surface area (Å²) in [4.78, 5) is 11.8. The van der Waals surface area contributed by atoms with E-state index in [2.05, 4.69) is 17.4 Å². The summed E-state index contributed by atoms with van der Waals surface area (Å²) in [5.74, 6) is 0.457. The first-order chi connectivity index (χ1) is 10.8. The number of hydrogen-bond acceptors (Lipinski definition) is 2. The Bertz CT molecular complexity index is 757. The number of benzene rings is 2. The van der Waals surface area contributed by atoms with Crippen LogP contribution in [-0.4, -0.2) is 5.91 Å². The second kappa shape index (κ2) is 6.59. The molecular weight excluding hydrogens is 274 g/mol. The summed E-state index contributed by atoms with van der Waals surface area (Å²) in [6, 6.07) is 21.4. The van der Waals surface area contributed by atoms with Crippen LogP contribution in [0, 0.1) is 0 Å². The minimum Gasteiger partial charge on any atom is -0.465 e. The Morgan fingerprint density at radius 3 is 2.27 bits per heavy atom. The van der Waals surface area contributed by atoms with E-state index in [1.165, 1.54) is 6.08 Å². The van der Waals surface area contributed by atoms with Gasteiger partial charge in [-0.15, -0.1) is 0 Å². The van der Waals surface area contributed by atoms with E-state index in [1.54, 1.807) is 24.5 Å². The van der Waals surface area contributed by atoms with E-state index in [-0.39, 0.29) is 5.91 Å². The molecule has 0 unspecified atom stereocenters. The van der Waals surface area contributed by atoms with Gasteiger partial charge >= 0.3 is 0 Å². The molecular formula is C19H15NO2. The van der Waals surface area contributed by atoms with Crippen molar-refractivity contribution in [3.05, 3.63) is 84.8 Å². The van der Waals surface area contributed by atoms with E-state index in [9.17, 15) is 4.79 Å². The monoisotopic (exact) mass is 289 g/mol. The number of carbonyl (C=O) groups excluding carboxylic acids is 1. The zero-order chi connectivity index (χ0) is 15.2. The van der Waals surface area contributed by atoms with Gasteiger partial charge < -0.3 is 9.73 Å². The van der Waals surface area contributed by atoms with Crippen LogP contribution in [-0.2, 0) is 4.79 Å². The topological polar surface area (TPSA) is 42.2 Å². The molecule has 3 heteroatoms. The van der Waals surface area contributed by atoms with E-state index in [0.29, 0.717) is 5.76 Å². The molecule has 1 N–H and O–H groups in total. The highest BCUT2D eigenvalue weighted by Gasteiger charge is 2.00. The van der Waals surface area contributed by atoms with Gasteiger partial charge in [-0.2, -0.15) is 0 Å². The van der Waals surface area contributed by atoms with Gasteiger partial charge in [0.15, 0.2) is 0 Å². The fourth-order valence-corrected chi connectivity index (χ4v) is 2.10. The van der Waals surface area contributed by atoms with E-state index in [1.807, 2.05) is 42.5 Å². The molecule has 0 fully saturated rings. The highest BCUT2D eigenvalue weighted by Crippen LogP contribution is 2.20. The van der Waals surface area contributed by atoms with Crippen LogP contribution in [0.1, 0.15) is 5.76 Å². The van der Waals surface area contributed by atoms with Crippen molar-refractivity contribution in [2.75, 3.05) is 5.32 Å². The van der Waals surface area contributed by atoms with Crippen LogP contribution in [0.5, 0.6) is 0 Å². The Morgan fingerprint density at radius 2 is 1.59 bits per heavy atom. The van der Waals surface area contributed by atoms with Gasteiger partial charge in [-0.1, -0.05) is 42.5 Å². The molecule has 0 saturated heterocycles. The minimum absolute atomic E-state index is 0.191. The number of amides is 1.